The number of nitrogens with zero attached hydrogens (tertiary/aromatic N) is 1. The van der Waals surface area contributed by atoms with Gasteiger partial charge in [0.2, 0.25) is 11.8 Å². The number of halogens is 1. The average molecular weight is 359 g/mol. The van der Waals surface area contributed by atoms with Gasteiger partial charge in [0.05, 0.1) is 0 Å². The molecule has 2 aromatic carbocycles. The second kappa shape index (κ2) is 8.67. The lowest BCUT2D eigenvalue weighted by Crippen LogP contribution is -2.37. The Bertz CT molecular complexity index is 735. The van der Waals surface area contributed by atoms with E-state index >= 15 is 0 Å². The number of amides is 2. The third kappa shape index (κ3) is 4.83. The van der Waals surface area contributed by atoms with Crippen molar-refractivity contribution in [3.63, 3.8) is 0 Å². The predicted molar refractivity (Wildman–Crippen MR) is 103 cm³/mol. The molecule has 0 saturated carbocycles. The van der Waals surface area contributed by atoms with Gasteiger partial charge in [0.15, 0.2) is 0 Å². The van der Waals surface area contributed by atoms with Gasteiger partial charge in [-0.15, -0.1) is 0 Å². The van der Waals surface area contributed by atoms with Crippen molar-refractivity contribution in [3.8, 4) is 0 Å². The molecule has 0 heterocycles. The van der Waals surface area contributed by atoms with Gasteiger partial charge >= 0.3 is 0 Å². The molecule has 1 N–H and O–H groups in total. The first kappa shape index (κ1) is 19.0. The topological polar surface area (TPSA) is 49.4 Å². The molecule has 132 valence electrons. The predicted octanol–water partition coefficient (Wildman–Crippen LogP) is 4.46. The van der Waals surface area contributed by atoms with Crippen molar-refractivity contribution < 1.29 is 9.59 Å². The minimum absolute atomic E-state index is 0.0435. The quantitative estimate of drug-likeness (QED) is 0.828. The molecular weight excluding hydrogens is 336 g/mol. The lowest BCUT2D eigenvalue weighted by atomic mass is 10.0. The zero-order valence-electron chi connectivity index (χ0n) is 14.8. The summed E-state index contributed by atoms with van der Waals surface area (Å²) in [7, 11) is 0. The zero-order valence-corrected chi connectivity index (χ0v) is 15.6. The van der Waals surface area contributed by atoms with Gasteiger partial charge in [0.25, 0.3) is 0 Å². The van der Waals surface area contributed by atoms with Crippen LogP contribution >= 0.6 is 11.6 Å². The lowest BCUT2D eigenvalue weighted by molar-refractivity contribution is -0.120. The summed E-state index contributed by atoms with van der Waals surface area (Å²) in [6, 6.07) is 12.9. The smallest absolute Gasteiger partial charge is 0.244 e. The summed E-state index contributed by atoms with van der Waals surface area (Å²) in [6.45, 7) is 5.51. The number of carbonyl (C=O) groups excluding carboxylic acids is 2. The van der Waals surface area contributed by atoms with Crippen LogP contribution < -0.4 is 10.2 Å². The fraction of sp³-hybridized carbons (Fsp3) is 0.300. The number of hydrogen-bond donors (Lipinski definition) is 1. The summed E-state index contributed by atoms with van der Waals surface area (Å²) in [6.07, 6.45) is 1.66. The van der Waals surface area contributed by atoms with Gasteiger partial charge in [0.1, 0.15) is 6.54 Å². The van der Waals surface area contributed by atoms with Crippen molar-refractivity contribution in [3.05, 3.63) is 58.6 Å². The Hall–Kier alpha value is -2.33. The standard InChI is InChI=1S/C20H23ClN2O2/c1-4-15-7-6-8-16(5-2)20(15)22-19(25)13-23(14(3)24)18-11-9-17(21)10-12-18/h6-12H,4-5,13H2,1-3H3,(H,22,25). The number of hydrogen-bond acceptors (Lipinski definition) is 2. The minimum atomic E-state index is -0.222. The van der Waals surface area contributed by atoms with Crippen molar-refractivity contribution in [2.24, 2.45) is 0 Å². The van der Waals surface area contributed by atoms with Crippen molar-refractivity contribution >= 4 is 34.8 Å². The summed E-state index contributed by atoms with van der Waals surface area (Å²) in [5.41, 5.74) is 3.69. The third-order valence-electron chi connectivity index (χ3n) is 4.08. The Kier molecular flexibility index (Phi) is 6.59. The molecule has 0 spiro atoms. The number of carbonyl (C=O) groups is 2. The Balaban J connectivity index is 2.20. The fourth-order valence-corrected chi connectivity index (χ4v) is 2.86. The van der Waals surface area contributed by atoms with Crippen molar-refractivity contribution in [1.29, 1.82) is 0 Å². The van der Waals surface area contributed by atoms with Crippen LogP contribution in [0.5, 0.6) is 0 Å². The van der Waals surface area contributed by atoms with E-state index in [2.05, 4.69) is 19.2 Å². The van der Waals surface area contributed by atoms with Crippen LogP contribution in [-0.2, 0) is 22.4 Å². The van der Waals surface area contributed by atoms with Gasteiger partial charge in [0, 0.05) is 23.3 Å². The van der Waals surface area contributed by atoms with Crippen molar-refractivity contribution in [2.75, 3.05) is 16.8 Å². The molecule has 4 nitrogen and oxygen atoms in total. The van der Waals surface area contributed by atoms with Crippen LogP contribution in [0.25, 0.3) is 0 Å². The molecule has 0 aromatic heterocycles. The third-order valence-corrected chi connectivity index (χ3v) is 4.34. The first-order valence-electron chi connectivity index (χ1n) is 8.40. The molecule has 0 bridgehead atoms. The maximum absolute atomic E-state index is 12.6. The van der Waals surface area contributed by atoms with Crippen molar-refractivity contribution in [1.82, 2.24) is 0 Å². The number of rotatable bonds is 6. The Morgan fingerprint density at radius 1 is 1.00 bits per heavy atom. The summed E-state index contributed by atoms with van der Waals surface area (Å²) < 4.78 is 0. The number of nitrogens with one attached hydrogen (secondary N) is 1. The largest absolute Gasteiger partial charge is 0.324 e. The van der Waals surface area contributed by atoms with Crippen LogP contribution in [0.3, 0.4) is 0 Å². The van der Waals surface area contributed by atoms with Crippen LogP contribution in [0, 0.1) is 0 Å². The molecule has 0 fully saturated rings. The van der Waals surface area contributed by atoms with Gasteiger partial charge in [-0.1, -0.05) is 43.6 Å². The second-order valence-electron chi connectivity index (χ2n) is 5.79. The minimum Gasteiger partial charge on any atom is -0.324 e. The van der Waals surface area contributed by atoms with Crippen LogP contribution in [0.4, 0.5) is 11.4 Å². The normalized spacial score (nSPS) is 10.4. The molecular formula is C20H23ClN2O2. The number of benzene rings is 2. The Labute approximate surface area is 153 Å². The van der Waals surface area contributed by atoms with E-state index in [4.69, 9.17) is 11.6 Å². The molecule has 0 radical (unpaired) electrons. The Morgan fingerprint density at radius 3 is 2.04 bits per heavy atom. The first-order valence-corrected chi connectivity index (χ1v) is 8.78. The van der Waals surface area contributed by atoms with E-state index in [1.807, 2.05) is 18.2 Å². The Morgan fingerprint density at radius 2 is 1.56 bits per heavy atom. The van der Waals surface area contributed by atoms with E-state index in [1.165, 1.54) is 11.8 Å². The van der Waals surface area contributed by atoms with Crippen LogP contribution in [0.15, 0.2) is 42.5 Å². The molecule has 0 aliphatic heterocycles. The molecule has 0 atom stereocenters. The summed E-state index contributed by atoms with van der Waals surface area (Å²) >= 11 is 5.89. The molecule has 0 unspecified atom stereocenters. The number of anilines is 2. The molecule has 0 saturated heterocycles. The maximum Gasteiger partial charge on any atom is 0.244 e. The van der Waals surface area contributed by atoms with E-state index in [-0.39, 0.29) is 18.4 Å². The van der Waals surface area contributed by atoms with E-state index in [1.54, 1.807) is 24.3 Å². The van der Waals surface area contributed by atoms with Crippen LogP contribution in [0.1, 0.15) is 31.9 Å². The molecule has 2 rings (SSSR count). The average Bonchev–Trinajstić information content (AvgIpc) is 2.60. The highest BCUT2D eigenvalue weighted by Crippen LogP contribution is 2.23. The molecule has 0 aliphatic rings. The van der Waals surface area contributed by atoms with Gasteiger partial charge in [-0.25, -0.2) is 0 Å². The number of para-hydroxylation sites is 1. The van der Waals surface area contributed by atoms with Gasteiger partial charge in [-0.05, 0) is 48.2 Å². The van der Waals surface area contributed by atoms with Crippen LogP contribution in [-0.4, -0.2) is 18.4 Å². The summed E-state index contributed by atoms with van der Waals surface area (Å²) in [4.78, 5) is 26.0. The first-order chi connectivity index (χ1) is 12.0. The van der Waals surface area contributed by atoms with E-state index < -0.39 is 0 Å². The molecule has 5 heteroatoms. The van der Waals surface area contributed by atoms with Gasteiger partial charge in [-0.2, -0.15) is 0 Å². The fourth-order valence-electron chi connectivity index (χ4n) is 2.73. The summed E-state index contributed by atoms with van der Waals surface area (Å²) in [5, 5.41) is 3.57. The lowest BCUT2D eigenvalue weighted by Gasteiger charge is -2.22. The van der Waals surface area contributed by atoms with E-state index in [0.29, 0.717) is 10.7 Å². The monoisotopic (exact) mass is 358 g/mol. The van der Waals surface area contributed by atoms with E-state index in [9.17, 15) is 9.59 Å². The zero-order chi connectivity index (χ0) is 18.4. The van der Waals surface area contributed by atoms with Crippen molar-refractivity contribution in [2.45, 2.75) is 33.6 Å². The molecule has 2 amide bonds. The molecule has 2 aromatic rings. The highest BCUT2D eigenvalue weighted by atomic mass is 35.5. The highest BCUT2D eigenvalue weighted by molar-refractivity contribution is 6.30. The molecule has 0 aliphatic carbocycles. The van der Waals surface area contributed by atoms with Gasteiger partial charge < -0.3 is 10.2 Å². The van der Waals surface area contributed by atoms with Crippen LogP contribution in [0.2, 0.25) is 5.02 Å². The summed E-state index contributed by atoms with van der Waals surface area (Å²) in [5.74, 6) is -0.419. The van der Waals surface area contributed by atoms with Gasteiger partial charge in [-0.3, -0.25) is 9.59 Å². The maximum atomic E-state index is 12.6. The molecule has 25 heavy (non-hydrogen) atoms. The number of aryl methyl sites for hydroxylation is 2. The SMILES string of the molecule is CCc1cccc(CC)c1NC(=O)CN(C(C)=O)c1ccc(Cl)cc1. The second-order valence-corrected chi connectivity index (χ2v) is 6.22. The van der Waals surface area contributed by atoms with E-state index in [0.717, 1.165) is 29.7 Å². The highest BCUT2D eigenvalue weighted by Gasteiger charge is 2.17.